The summed E-state index contributed by atoms with van der Waals surface area (Å²) in [4.78, 5) is 0. The molecule has 5 rings (SSSR count). The minimum absolute atomic E-state index is 1.22. The number of para-hydroxylation sites is 2. The lowest BCUT2D eigenvalue weighted by Crippen LogP contribution is -1.96. The molecule has 0 N–H and O–H groups in total. The second-order valence-corrected chi connectivity index (χ2v) is 6.76. The Bertz CT molecular complexity index is 1230. The SMILES string of the molecule is Cc1ccc2c(c1)c1ccccc1n2-c1ccccc1-c1ccccc1. The minimum Gasteiger partial charge on any atom is -0.309 e. The van der Waals surface area contributed by atoms with E-state index in [2.05, 4.69) is 109 Å². The molecule has 0 unspecified atom stereocenters. The molecule has 26 heavy (non-hydrogen) atoms. The van der Waals surface area contributed by atoms with E-state index in [0.29, 0.717) is 0 Å². The number of aryl methyl sites for hydroxylation is 1. The van der Waals surface area contributed by atoms with Gasteiger partial charge in [-0.05, 0) is 36.8 Å². The first kappa shape index (κ1) is 15.0. The number of aromatic nitrogens is 1. The average molecular weight is 333 g/mol. The van der Waals surface area contributed by atoms with E-state index >= 15 is 0 Å². The highest BCUT2D eigenvalue weighted by Crippen LogP contribution is 2.36. The van der Waals surface area contributed by atoms with Gasteiger partial charge in [-0.15, -0.1) is 0 Å². The zero-order chi connectivity index (χ0) is 17.5. The highest BCUT2D eigenvalue weighted by molar-refractivity contribution is 6.10. The van der Waals surface area contributed by atoms with E-state index in [-0.39, 0.29) is 0 Å². The largest absolute Gasteiger partial charge is 0.309 e. The topological polar surface area (TPSA) is 4.93 Å². The highest BCUT2D eigenvalue weighted by atomic mass is 15.0. The van der Waals surface area contributed by atoms with E-state index in [1.165, 1.54) is 44.2 Å². The van der Waals surface area contributed by atoms with E-state index in [1.54, 1.807) is 0 Å². The second-order valence-electron chi connectivity index (χ2n) is 6.76. The molecule has 1 nitrogen and oxygen atoms in total. The number of hydrogen-bond donors (Lipinski definition) is 0. The fourth-order valence-corrected chi connectivity index (χ4v) is 3.88. The van der Waals surface area contributed by atoms with Crippen molar-refractivity contribution >= 4 is 21.8 Å². The molecule has 0 atom stereocenters. The fourth-order valence-electron chi connectivity index (χ4n) is 3.88. The van der Waals surface area contributed by atoms with Gasteiger partial charge in [0.05, 0.1) is 16.7 Å². The van der Waals surface area contributed by atoms with Crippen molar-refractivity contribution in [3.05, 3.63) is 103 Å². The maximum Gasteiger partial charge on any atom is 0.0541 e. The van der Waals surface area contributed by atoms with E-state index in [0.717, 1.165) is 0 Å². The van der Waals surface area contributed by atoms with E-state index in [4.69, 9.17) is 0 Å². The number of hydrogen-bond acceptors (Lipinski definition) is 0. The zero-order valence-electron chi connectivity index (χ0n) is 14.7. The molecule has 4 aromatic carbocycles. The van der Waals surface area contributed by atoms with Crippen LogP contribution in [0.3, 0.4) is 0 Å². The predicted molar refractivity (Wildman–Crippen MR) is 111 cm³/mol. The van der Waals surface area contributed by atoms with Gasteiger partial charge in [-0.1, -0.05) is 78.4 Å². The summed E-state index contributed by atoms with van der Waals surface area (Å²) in [5, 5.41) is 2.61. The number of fused-ring (bicyclic) bond motifs is 3. The van der Waals surface area contributed by atoms with Crippen molar-refractivity contribution in [2.75, 3.05) is 0 Å². The Morgan fingerprint density at radius 3 is 2.15 bits per heavy atom. The first-order chi connectivity index (χ1) is 12.8. The van der Waals surface area contributed by atoms with Crippen LogP contribution in [-0.2, 0) is 0 Å². The average Bonchev–Trinajstić information content (AvgIpc) is 3.02. The van der Waals surface area contributed by atoms with Gasteiger partial charge in [-0.3, -0.25) is 0 Å². The van der Waals surface area contributed by atoms with Crippen LogP contribution in [0.25, 0.3) is 38.6 Å². The first-order valence-corrected chi connectivity index (χ1v) is 8.97. The minimum atomic E-state index is 1.22. The smallest absolute Gasteiger partial charge is 0.0541 e. The summed E-state index contributed by atoms with van der Waals surface area (Å²) < 4.78 is 2.40. The third-order valence-corrected chi connectivity index (χ3v) is 5.06. The molecule has 0 saturated heterocycles. The van der Waals surface area contributed by atoms with Crippen LogP contribution in [0.1, 0.15) is 5.56 Å². The summed E-state index contributed by atoms with van der Waals surface area (Å²) in [6.45, 7) is 2.16. The Morgan fingerprint density at radius 1 is 0.577 bits per heavy atom. The van der Waals surface area contributed by atoms with Gasteiger partial charge in [0.2, 0.25) is 0 Å². The molecular formula is C25H19N. The van der Waals surface area contributed by atoms with E-state index in [9.17, 15) is 0 Å². The number of rotatable bonds is 2. The van der Waals surface area contributed by atoms with Gasteiger partial charge in [-0.25, -0.2) is 0 Å². The molecule has 124 valence electrons. The van der Waals surface area contributed by atoms with Crippen LogP contribution in [0.4, 0.5) is 0 Å². The van der Waals surface area contributed by atoms with Crippen molar-refractivity contribution in [1.29, 1.82) is 0 Å². The van der Waals surface area contributed by atoms with Crippen molar-refractivity contribution in [2.24, 2.45) is 0 Å². The lowest BCUT2D eigenvalue weighted by atomic mass is 10.0. The Balaban J connectivity index is 1.92. The van der Waals surface area contributed by atoms with Gasteiger partial charge in [0.15, 0.2) is 0 Å². The third kappa shape index (κ3) is 2.25. The summed E-state index contributed by atoms with van der Waals surface area (Å²) in [6, 6.07) is 34.7. The lowest BCUT2D eigenvalue weighted by molar-refractivity contribution is 1.18. The Morgan fingerprint density at radius 2 is 1.27 bits per heavy atom. The van der Waals surface area contributed by atoms with E-state index < -0.39 is 0 Å². The Hall–Kier alpha value is -3.32. The number of nitrogens with zero attached hydrogens (tertiary/aromatic N) is 1. The quantitative estimate of drug-likeness (QED) is 0.336. The molecule has 0 fully saturated rings. The molecule has 0 bridgehead atoms. The normalized spacial score (nSPS) is 11.3. The van der Waals surface area contributed by atoms with Gasteiger partial charge in [-0.2, -0.15) is 0 Å². The molecule has 0 radical (unpaired) electrons. The van der Waals surface area contributed by atoms with Gasteiger partial charge < -0.3 is 4.57 Å². The molecule has 1 heterocycles. The summed E-state index contributed by atoms with van der Waals surface area (Å²) in [5.74, 6) is 0. The van der Waals surface area contributed by atoms with Crippen LogP contribution < -0.4 is 0 Å². The van der Waals surface area contributed by atoms with Crippen molar-refractivity contribution in [3.63, 3.8) is 0 Å². The standard InChI is InChI=1S/C25H19N/c1-18-15-16-25-22(17-18)21-12-6-8-14-24(21)26(25)23-13-7-5-11-20(23)19-9-3-2-4-10-19/h2-17H,1H3. The second kappa shape index (κ2) is 5.89. The monoisotopic (exact) mass is 333 g/mol. The molecule has 0 amide bonds. The molecule has 0 aliphatic carbocycles. The van der Waals surface area contributed by atoms with Crippen LogP contribution in [0.2, 0.25) is 0 Å². The van der Waals surface area contributed by atoms with Gasteiger partial charge in [0.25, 0.3) is 0 Å². The van der Waals surface area contributed by atoms with Crippen molar-refractivity contribution < 1.29 is 0 Å². The molecule has 1 heteroatoms. The maximum absolute atomic E-state index is 2.40. The molecule has 0 spiro atoms. The fraction of sp³-hybridized carbons (Fsp3) is 0.0400. The van der Waals surface area contributed by atoms with Gasteiger partial charge in [0.1, 0.15) is 0 Å². The first-order valence-electron chi connectivity index (χ1n) is 8.97. The zero-order valence-corrected chi connectivity index (χ0v) is 14.7. The van der Waals surface area contributed by atoms with Crippen LogP contribution in [0.15, 0.2) is 97.1 Å². The summed E-state index contributed by atoms with van der Waals surface area (Å²) in [5.41, 5.74) is 7.49. The molecule has 0 saturated carbocycles. The maximum atomic E-state index is 2.40. The summed E-state index contributed by atoms with van der Waals surface area (Å²) in [7, 11) is 0. The number of benzene rings is 4. The van der Waals surface area contributed by atoms with Crippen LogP contribution in [0, 0.1) is 6.92 Å². The van der Waals surface area contributed by atoms with Crippen molar-refractivity contribution in [1.82, 2.24) is 4.57 Å². The van der Waals surface area contributed by atoms with Gasteiger partial charge in [0, 0.05) is 16.3 Å². The molecule has 0 aliphatic heterocycles. The molecule has 0 aliphatic rings. The molecular weight excluding hydrogens is 314 g/mol. The van der Waals surface area contributed by atoms with Crippen molar-refractivity contribution in [2.45, 2.75) is 6.92 Å². The highest BCUT2D eigenvalue weighted by Gasteiger charge is 2.14. The van der Waals surface area contributed by atoms with Crippen molar-refractivity contribution in [3.8, 4) is 16.8 Å². The molecule has 1 aromatic heterocycles. The Labute approximate surface area is 153 Å². The summed E-state index contributed by atoms with van der Waals surface area (Å²) >= 11 is 0. The third-order valence-electron chi connectivity index (χ3n) is 5.06. The molecule has 5 aromatic rings. The van der Waals surface area contributed by atoms with Gasteiger partial charge >= 0.3 is 0 Å². The lowest BCUT2D eigenvalue weighted by Gasteiger charge is -2.14. The van der Waals surface area contributed by atoms with Crippen LogP contribution >= 0.6 is 0 Å². The predicted octanol–water partition coefficient (Wildman–Crippen LogP) is 6.76. The summed E-state index contributed by atoms with van der Waals surface area (Å²) in [6.07, 6.45) is 0. The van der Waals surface area contributed by atoms with Crippen LogP contribution in [0.5, 0.6) is 0 Å². The van der Waals surface area contributed by atoms with Crippen LogP contribution in [-0.4, -0.2) is 4.57 Å². The van der Waals surface area contributed by atoms with E-state index in [1.807, 2.05) is 0 Å². The Kier molecular flexibility index (Phi) is 3.39.